The highest BCUT2D eigenvalue weighted by molar-refractivity contribution is 9.10. The number of carbonyl (C=O) groups excluding carboxylic acids is 3. The summed E-state index contributed by atoms with van der Waals surface area (Å²) in [6.45, 7) is 2.19. The van der Waals surface area contributed by atoms with E-state index in [9.17, 15) is 24.5 Å². The van der Waals surface area contributed by atoms with Gasteiger partial charge in [-0.3, -0.25) is 25.0 Å². The standard InChI is InChI=1S/C26H19BrClN3O7/c1-2-37-22-13-16(12-19(27)23(22)38-14-15-7-9-17(10-8-15)31(35)36)11-18-24(32)29-26(34)30(25(18)33)21-6-4-3-5-20(21)28/h3-13H,2,14H2,1H3,(H,29,32,34)/b18-11+. The lowest BCUT2D eigenvalue weighted by molar-refractivity contribution is -0.384. The van der Waals surface area contributed by atoms with E-state index in [4.69, 9.17) is 21.1 Å². The number of urea groups is 1. The van der Waals surface area contributed by atoms with Crippen molar-refractivity contribution in [2.45, 2.75) is 13.5 Å². The number of imide groups is 2. The van der Waals surface area contributed by atoms with Crippen LogP contribution in [0.4, 0.5) is 16.2 Å². The molecule has 0 aromatic heterocycles. The number of anilines is 1. The Bertz CT molecular complexity index is 1470. The molecule has 1 N–H and O–H groups in total. The summed E-state index contributed by atoms with van der Waals surface area (Å²) >= 11 is 9.62. The van der Waals surface area contributed by atoms with Crippen molar-refractivity contribution < 1.29 is 28.8 Å². The number of para-hydroxylation sites is 1. The second kappa shape index (κ2) is 11.4. The van der Waals surface area contributed by atoms with Crippen molar-refractivity contribution in [2.75, 3.05) is 11.5 Å². The van der Waals surface area contributed by atoms with E-state index in [0.717, 1.165) is 4.90 Å². The van der Waals surface area contributed by atoms with Crippen LogP contribution in [0.1, 0.15) is 18.1 Å². The smallest absolute Gasteiger partial charge is 0.335 e. The number of ether oxygens (including phenoxy) is 2. The molecule has 0 spiro atoms. The molecular weight excluding hydrogens is 582 g/mol. The summed E-state index contributed by atoms with van der Waals surface area (Å²) in [5, 5.41) is 13.2. The molecule has 4 amide bonds. The van der Waals surface area contributed by atoms with Gasteiger partial charge in [-0.05, 0) is 76.5 Å². The van der Waals surface area contributed by atoms with Crippen LogP contribution in [0.2, 0.25) is 5.02 Å². The summed E-state index contributed by atoms with van der Waals surface area (Å²) in [5.74, 6) is -0.992. The summed E-state index contributed by atoms with van der Waals surface area (Å²) in [5.41, 5.74) is 0.956. The fraction of sp³-hybridized carbons (Fsp3) is 0.115. The lowest BCUT2D eigenvalue weighted by atomic mass is 10.1. The zero-order valence-electron chi connectivity index (χ0n) is 19.8. The molecule has 194 valence electrons. The van der Waals surface area contributed by atoms with Crippen LogP contribution >= 0.6 is 27.5 Å². The van der Waals surface area contributed by atoms with Gasteiger partial charge in [-0.15, -0.1) is 0 Å². The number of hydrogen-bond acceptors (Lipinski definition) is 7. The Morgan fingerprint density at radius 3 is 2.45 bits per heavy atom. The van der Waals surface area contributed by atoms with Crippen LogP contribution in [-0.4, -0.2) is 29.4 Å². The summed E-state index contributed by atoms with van der Waals surface area (Å²) in [6.07, 6.45) is 1.33. The summed E-state index contributed by atoms with van der Waals surface area (Å²) < 4.78 is 12.1. The Kier molecular flexibility index (Phi) is 8.08. The van der Waals surface area contributed by atoms with Gasteiger partial charge in [0.1, 0.15) is 12.2 Å². The van der Waals surface area contributed by atoms with Crippen LogP contribution in [-0.2, 0) is 16.2 Å². The Hall–Kier alpha value is -4.22. The van der Waals surface area contributed by atoms with Gasteiger partial charge in [-0.1, -0.05) is 23.7 Å². The average molecular weight is 601 g/mol. The topological polar surface area (TPSA) is 128 Å². The predicted molar refractivity (Wildman–Crippen MR) is 143 cm³/mol. The van der Waals surface area contributed by atoms with Crippen LogP contribution in [0.25, 0.3) is 6.08 Å². The molecule has 3 aromatic rings. The molecule has 0 radical (unpaired) electrons. The molecule has 4 rings (SSSR count). The van der Waals surface area contributed by atoms with Crippen molar-refractivity contribution in [1.82, 2.24) is 5.32 Å². The van der Waals surface area contributed by atoms with Crippen molar-refractivity contribution in [3.05, 3.63) is 97.0 Å². The first-order valence-electron chi connectivity index (χ1n) is 11.2. The average Bonchev–Trinajstić information content (AvgIpc) is 2.87. The number of hydrogen-bond donors (Lipinski definition) is 1. The second-order valence-electron chi connectivity index (χ2n) is 7.88. The van der Waals surface area contributed by atoms with Gasteiger partial charge in [0, 0.05) is 12.1 Å². The molecule has 0 unspecified atom stereocenters. The number of nitro groups is 1. The number of nitrogens with zero attached hydrogens (tertiary/aromatic N) is 2. The summed E-state index contributed by atoms with van der Waals surface area (Å²) in [7, 11) is 0. The molecule has 38 heavy (non-hydrogen) atoms. The Morgan fingerprint density at radius 2 is 1.79 bits per heavy atom. The van der Waals surface area contributed by atoms with Crippen LogP contribution in [0.15, 0.2) is 70.7 Å². The maximum atomic E-state index is 13.2. The zero-order valence-corrected chi connectivity index (χ0v) is 22.1. The van der Waals surface area contributed by atoms with E-state index >= 15 is 0 Å². The third kappa shape index (κ3) is 5.68. The first kappa shape index (κ1) is 26.8. The number of barbiturate groups is 1. The molecule has 0 bridgehead atoms. The first-order valence-corrected chi connectivity index (χ1v) is 12.3. The van der Waals surface area contributed by atoms with E-state index in [0.29, 0.717) is 33.7 Å². The lowest BCUT2D eigenvalue weighted by Crippen LogP contribution is -2.54. The molecule has 1 fully saturated rings. The number of rotatable bonds is 8. The molecule has 12 heteroatoms. The molecule has 10 nitrogen and oxygen atoms in total. The number of non-ortho nitro benzene ring substituents is 1. The van der Waals surface area contributed by atoms with Crippen molar-refractivity contribution in [3.63, 3.8) is 0 Å². The SMILES string of the molecule is CCOc1cc(/C=C2\C(=O)NC(=O)N(c3ccccc3Cl)C2=O)cc(Br)c1OCc1ccc([N+](=O)[O-])cc1. The minimum absolute atomic E-state index is 0.0292. The third-order valence-electron chi connectivity index (χ3n) is 5.37. The van der Waals surface area contributed by atoms with Gasteiger partial charge < -0.3 is 9.47 Å². The van der Waals surface area contributed by atoms with Crippen molar-refractivity contribution in [1.29, 1.82) is 0 Å². The van der Waals surface area contributed by atoms with E-state index in [2.05, 4.69) is 21.2 Å². The molecular formula is C26H19BrClN3O7. The molecule has 1 heterocycles. The first-order chi connectivity index (χ1) is 18.2. The quantitative estimate of drug-likeness (QED) is 0.153. The molecule has 1 aliphatic heterocycles. The largest absolute Gasteiger partial charge is 0.490 e. The lowest BCUT2D eigenvalue weighted by Gasteiger charge is -2.27. The highest BCUT2D eigenvalue weighted by Gasteiger charge is 2.37. The zero-order chi connectivity index (χ0) is 27.4. The van der Waals surface area contributed by atoms with Crippen LogP contribution in [0.3, 0.4) is 0 Å². The summed E-state index contributed by atoms with van der Waals surface area (Å²) in [4.78, 5) is 49.4. The summed E-state index contributed by atoms with van der Waals surface area (Å²) in [6, 6.07) is 14.5. The van der Waals surface area contributed by atoms with Gasteiger partial charge in [-0.25, -0.2) is 9.69 Å². The molecule has 1 aliphatic rings. The van der Waals surface area contributed by atoms with Gasteiger partial charge in [0.25, 0.3) is 17.5 Å². The highest BCUT2D eigenvalue weighted by atomic mass is 79.9. The fourth-order valence-corrected chi connectivity index (χ4v) is 4.41. The number of nitro benzene ring substituents is 1. The van der Waals surface area contributed by atoms with Gasteiger partial charge >= 0.3 is 6.03 Å². The van der Waals surface area contributed by atoms with E-state index < -0.39 is 22.8 Å². The number of halogens is 2. The number of carbonyl (C=O) groups is 3. The highest BCUT2D eigenvalue weighted by Crippen LogP contribution is 2.38. The van der Waals surface area contributed by atoms with Crippen LogP contribution in [0.5, 0.6) is 11.5 Å². The minimum Gasteiger partial charge on any atom is -0.490 e. The maximum Gasteiger partial charge on any atom is 0.335 e. The van der Waals surface area contributed by atoms with Gasteiger partial charge in [0.15, 0.2) is 11.5 Å². The molecule has 0 atom stereocenters. The monoisotopic (exact) mass is 599 g/mol. The van der Waals surface area contributed by atoms with Gasteiger partial charge in [0.2, 0.25) is 0 Å². The molecule has 3 aromatic carbocycles. The third-order valence-corrected chi connectivity index (χ3v) is 6.28. The van der Waals surface area contributed by atoms with E-state index in [-0.39, 0.29) is 28.6 Å². The normalized spacial score (nSPS) is 14.4. The fourth-order valence-electron chi connectivity index (χ4n) is 3.62. The Labute approximate surface area is 230 Å². The van der Waals surface area contributed by atoms with Crippen LogP contribution < -0.4 is 19.7 Å². The molecule has 0 aliphatic carbocycles. The van der Waals surface area contributed by atoms with Crippen molar-refractivity contribution in [3.8, 4) is 11.5 Å². The number of benzene rings is 3. The molecule has 0 saturated carbocycles. The van der Waals surface area contributed by atoms with Gasteiger partial charge in [-0.2, -0.15) is 0 Å². The van der Waals surface area contributed by atoms with E-state index in [1.807, 2.05) is 0 Å². The number of nitrogens with one attached hydrogen (secondary N) is 1. The van der Waals surface area contributed by atoms with Gasteiger partial charge in [0.05, 0.1) is 26.7 Å². The Balaban J connectivity index is 1.64. The van der Waals surface area contributed by atoms with E-state index in [1.54, 1.807) is 43.3 Å². The van der Waals surface area contributed by atoms with E-state index in [1.165, 1.54) is 30.3 Å². The van der Waals surface area contributed by atoms with Crippen molar-refractivity contribution >= 4 is 62.8 Å². The minimum atomic E-state index is -0.906. The molecule has 1 saturated heterocycles. The second-order valence-corrected chi connectivity index (χ2v) is 9.15. The Morgan fingerprint density at radius 1 is 1.08 bits per heavy atom. The van der Waals surface area contributed by atoms with Crippen molar-refractivity contribution in [2.24, 2.45) is 0 Å². The van der Waals surface area contributed by atoms with Crippen LogP contribution in [0, 0.1) is 10.1 Å². The maximum absolute atomic E-state index is 13.2. The predicted octanol–water partition coefficient (Wildman–Crippen LogP) is 5.65. The number of amides is 4.